The third kappa shape index (κ3) is 3.11. The third-order valence-corrected chi connectivity index (χ3v) is 2.95. The number of rotatable bonds is 4. The van der Waals surface area contributed by atoms with Gasteiger partial charge in [-0.3, -0.25) is 4.79 Å². The van der Waals surface area contributed by atoms with E-state index in [0.717, 1.165) is 0 Å². The molecule has 2 aromatic carbocycles. The lowest BCUT2D eigenvalue weighted by atomic mass is 10.1. The largest absolute Gasteiger partial charge is 0.478 e. The molecule has 0 fully saturated rings. The molecule has 0 aliphatic heterocycles. The molecule has 0 aromatic heterocycles. The third-order valence-electron chi connectivity index (χ3n) is 2.95. The van der Waals surface area contributed by atoms with Crippen LogP contribution in [0.15, 0.2) is 36.4 Å². The number of nitrogen functional groups attached to an aromatic ring is 1. The number of carboxylic acid groups (broad SMARTS) is 1. The van der Waals surface area contributed by atoms with Crippen LogP contribution in [0.2, 0.25) is 0 Å². The van der Waals surface area contributed by atoms with Gasteiger partial charge in [0, 0.05) is 11.3 Å². The predicted molar refractivity (Wildman–Crippen MR) is 77.6 cm³/mol. The summed E-state index contributed by atoms with van der Waals surface area (Å²) >= 11 is 0. The molecule has 0 spiro atoms. The van der Waals surface area contributed by atoms with E-state index in [4.69, 9.17) is 21.3 Å². The molecule has 0 aliphatic carbocycles. The van der Waals surface area contributed by atoms with Crippen LogP contribution in [-0.2, 0) is 0 Å². The Morgan fingerprint density at radius 2 is 1.86 bits per heavy atom. The van der Waals surface area contributed by atoms with Crippen molar-refractivity contribution in [1.29, 1.82) is 0 Å². The lowest BCUT2D eigenvalue weighted by Gasteiger charge is -2.11. The van der Waals surface area contributed by atoms with E-state index < -0.39 is 11.9 Å². The van der Waals surface area contributed by atoms with E-state index in [1.54, 1.807) is 31.2 Å². The summed E-state index contributed by atoms with van der Waals surface area (Å²) in [6, 6.07) is 9.26. The van der Waals surface area contributed by atoms with Gasteiger partial charge in [-0.1, -0.05) is 6.07 Å². The SMILES string of the molecule is Cc1cc(Oc2cccc(C(N)=O)c2)cc(C(=O)O)c1N. The maximum Gasteiger partial charge on any atom is 0.337 e. The second-order valence-electron chi connectivity index (χ2n) is 4.50. The molecule has 2 aromatic rings. The Bertz CT molecular complexity index is 726. The van der Waals surface area contributed by atoms with Crippen LogP contribution < -0.4 is 16.2 Å². The standard InChI is InChI=1S/C15H14N2O4/c1-8-5-11(7-12(13(8)16)15(19)20)21-10-4-2-3-9(6-10)14(17)18/h2-7H,16H2,1H3,(H2,17,18)(H,19,20). The van der Waals surface area contributed by atoms with Crippen molar-refractivity contribution in [2.75, 3.05) is 5.73 Å². The smallest absolute Gasteiger partial charge is 0.337 e. The molecule has 5 N–H and O–H groups in total. The van der Waals surface area contributed by atoms with Crippen molar-refractivity contribution in [2.45, 2.75) is 6.92 Å². The number of carboxylic acids is 1. The van der Waals surface area contributed by atoms with Gasteiger partial charge in [-0.15, -0.1) is 0 Å². The van der Waals surface area contributed by atoms with Gasteiger partial charge >= 0.3 is 5.97 Å². The van der Waals surface area contributed by atoms with E-state index >= 15 is 0 Å². The maximum atomic E-state index is 11.1. The fraction of sp³-hybridized carbons (Fsp3) is 0.0667. The number of anilines is 1. The molecule has 0 saturated heterocycles. The molecule has 108 valence electrons. The van der Waals surface area contributed by atoms with Crippen molar-refractivity contribution in [2.24, 2.45) is 5.73 Å². The van der Waals surface area contributed by atoms with Crippen LogP contribution in [0.4, 0.5) is 5.69 Å². The number of nitrogens with two attached hydrogens (primary N) is 2. The molecular formula is C15H14N2O4. The highest BCUT2D eigenvalue weighted by Gasteiger charge is 2.13. The Kier molecular flexibility index (Phi) is 3.80. The number of aromatic carboxylic acids is 1. The van der Waals surface area contributed by atoms with Crippen molar-refractivity contribution in [1.82, 2.24) is 0 Å². The second kappa shape index (κ2) is 5.54. The molecular weight excluding hydrogens is 272 g/mol. The first kappa shape index (κ1) is 14.4. The molecule has 2 rings (SSSR count). The first-order chi connectivity index (χ1) is 9.88. The van der Waals surface area contributed by atoms with Crippen LogP contribution in [0.25, 0.3) is 0 Å². The Morgan fingerprint density at radius 3 is 2.48 bits per heavy atom. The molecule has 21 heavy (non-hydrogen) atoms. The summed E-state index contributed by atoms with van der Waals surface area (Å²) in [5.41, 5.74) is 12.0. The van der Waals surface area contributed by atoms with E-state index in [1.807, 2.05) is 0 Å². The molecule has 0 bridgehead atoms. The molecule has 0 saturated carbocycles. The van der Waals surface area contributed by atoms with Gasteiger partial charge in [-0.2, -0.15) is 0 Å². The van der Waals surface area contributed by atoms with Crippen LogP contribution in [0.5, 0.6) is 11.5 Å². The minimum Gasteiger partial charge on any atom is -0.478 e. The zero-order valence-electron chi connectivity index (χ0n) is 11.3. The number of ether oxygens (including phenoxy) is 1. The number of primary amides is 1. The monoisotopic (exact) mass is 286 g/mol. The molecule has 1 amide bonds. The molecule has 0 aliphatic rings. The summed E-state index contributed by atoms with van der Waals surface area (Å²) < 4.78 is 5.57. The first-order valence-corrected chi connectivity index (χ1v) is 6.09. The predicted octanol–water partition coefficient (Wildman–Crippen LogP) is 2.17. The highest BCUT2D eigenvalue weighted by atomic mass is 16.5. The number of carbonyl (C=O) groups is 2. The number of hydrogen-bond donors (Lipinski definition) is 3. The van der Waals surface area contributed by atoms with E-state index in [1.165, 1.54) is 12.1 Å². The first-order valence-electron chi connectivity index (χ1n) is 6.09. The van der Waals surface area contributed by atoms with Crippen LogP contribution >= 0.6 is 0 Å². The van der Waals surface area contributed by atoms with Gasteiger partial charge in [-0.05, 0) is 42.8 Å². The van der Waals surface area contributed by atoms with Crippen LogP contribution in [-0.4, -0.2) is 17.0 Å². The summed E-state index contributed by atoms with van der Waals surface area (Å²) in [5.74, 6) is -1.00. The molecule has 0 radical (unpaired) electrons. The summed E-state index contributed by atoms with van der Waals surface area (Å²) in [5, 5.41) is 9.10. The molecule has 0 heterocycles. The van der Waals surface area contributed by atoms with Gasteiger partial charge in [0.05, 0.1) is 5.56 Å². The van der Waals surface area contributed by atoms with E-state index in [-0.39, 0.29) is 11.3 Å². The van der Waals surface area contributed by atoms with Gasteiger partial charge in [0.1, 0.15) is 11.5 Å². The highest BCUT2D eigenvalue weighted by molar-refractivity contribution is 5.95. The Hall–Kier alpha value is -3.02. The highest BCUT2D eigenvalue weighted by Crippen LogP contribution is 2.28. The zero-order valence-corrected chi connectivity index (χ0v) is 11.3. The number of hydrogen-bond acceptors (Lipinski definition) is 4. The quantitative estimate of drug-likeness (QED) is 0.745. The Balaban J connectivity index is 2.38. The van der Waals surface area contributed by atoms with Gasteiger partial charge in [-0.25, -0.2) is 4.79 Å². The normalized spacial score (nSPS) is 10.1. The van der Waals surface area contributed by atoms with Gasteiger partial charge in [0.25, 0.3) is 0 Å². The van der Waals surface area contributed by atoms with Crippen molar-refractivity contribution in [3.05, 3.63) is 53.1 Å². The van der Waals surface area contributed by atoms with Crippen molar-refractivity contribution in [3.63, 3.8) is 0 Å². The molecule has 0 unspecified atom stereocenters. The van der Waals surface area contributed by atoms with E-state index in [9.17, 15) is 9.59 Å². The van der Waals surface area contributed by atoms with Crippen molar-refractivity contribution in [3.8, 4) is 11.5 Å². The number of benzene rings is 2. The Morgan fingerprint density at radius 1 is 1.14 bits per heavy atom. The fourth-order valence-corrected chi connectivity index (χ4v) is 1.85. The molecule has 6 nitrogen and oxygen atoms in total. The lowest BCUT2D eigenvalue weighted by molar-refractivity contribution is 0.0697. The summed E-state index contributed by atoms with van der Waals surface area (Å²) in [4.78, 5) is 22.2. The van der Waals surface area contributed by atoms with Crippen molar-refractivity contribution >= 4 is 17.6 Å². The summed E-state index contributed by atoms with van der Waals surface area (Å²) in [6.07, 6.45) is 0. The second-order valence-corrected chi connectivity index (χ2v) is 4.50. The number of aryl methyl sites for hydroxylation is 1. The summed E-state index contributed by atoms with van der Waals surface area (Å²) in [7, 11) is 0. The molecule has 0 atom stereocenters. The minimum atomic E-state index is -1.13. The lowest BCUT2D eigenvalue weighted by Crippen LogP contribution is -2.10. The topological polar surface area (TPSA) is 116 Å². The number of amides is 1. The van der Waals surface area contributed by atoms with Crippen LogP contribution in [0.1, 0.15) is 26.3 Å². The fourth-order valence-electron chi connectivity index (χ4n) is 1.85. The Labute approximate surface area is 120 Å². The number of carbonyl (C=O) groups excluding carboxylic acids is 1. The van der Waals surface area contributed by atoms with Gasteiger partial charge < -0.3 is 21.3 Å². The van der Waals surface area contributed by atoms with Crippen LogP contribution in [0, 0.1) is 6.92 Å². The van der Waals surface area contributed by atoms with Crippen LogP contribution in [0.3, 0.4) is 0 Å². The van der Waals surface area contributed by atoms with Gasteiger partial charge in [0.2, 0.25) is 5.91 Å². The zero-order chi connectivity index (χ0) is 15.6. The van der Waals surface area contributed by atoms with E-state index in [0.29, 0.717) is 22.6 Å². The average molecular weight is 286 g/mol. The van der Waals surface area contributed by atoms with Crippen molar-refractivity contribution < 1.29 is 19.4 Å². The molecule has 6 heteroatoms. The van der Waals surface area contributed by atoms with E-state index in [2.05, 4.69) is 0 Å². The average Bonchev–Trinajstić information content (AvgIpc) is 2.42. The minimum absolute atomic E-state index is 0.0314. The summed E-state index contributed by atoms with van der Waals surface area (Å²) in [6.45, 7) is 1.69. The maximum absolute atomic E-state index is 11.1. The van der Waals surface area contributed by atoms with Gasteiger partial charge in [0.15, 0.2) is 0 Å².